The minimum atomic E-state index is -0.715. The third-order valence-electron chi connectivity index (χ3n) is 7.44. The largest absolute Gasteiger partial charge is 0.497 e. The van der Waals surface area contributed by atoms with Gasteiger partial charge < -0.3 is 19.4 Å². The van der Waals surface area contributed by atoms with Crippen molar-refractivity contribution in [1.29, 1.82) is 0 Å². The number of thiazole rings is 1. The molecule has 10 heteroatoms. The summed E-state index contributed by atoms with van der Waals surface area (Å²) in [6.07, 6.45) is 3.67. The molecular weight excluding hydrogens is 576 g/mol. The van der Waals surface area contributed by atoms with Crippen molar-refractivity contribution in [2.24, 2.45) is 4.99 Å². The van der Waals surface area contributed by atoms with Gasteiger partial charge in [0.15, 0.2) is 4.80 Å². The van der Waals surface area contributed by atoms with Crippen molar-refractivity contribution in [2.45, 2.75) is 26.4 Å². The van der Waals surface area contributed by atoms with Crippen molar-refractivity contribution in [1.82, 2.24) is 9.13 Å². The zero-order valence-corrected chi connectivity index (χ0v) is 25.3. The molecule has 0 saturated heterocycles. The van der Waals surface area contributed by atoms with E-state index in [9.17, 15) is 14.4 Å². The van der Waals surface area contributed by atoms with E-state index in [1.165, 1.54) is 11.3 Å². The molecule has 3 aromatic carbocycles. The number of hydrogen-bond acceptors (Lipinski definition) is 7. The average molecular weight is 607 g/mol. The Balaban J connectivity index is 1.49. The van der Waals surface area contributed by atoms with Crippen LogP contribution in [-0.2, 0) is 20.9 Å². The van der Waals surface area contributed by atoms with Crippen LogP contribution in [-0.4, -0.2) is 34.7 Å². The Morgan fingerprint density at radius 3 is 2.48 bits per heavy atom. The van der Waals surface area contributed by atoms with Gasteiger partial charge in [-0.3, -0.25) is 19.0 Å². The molecule has 0 bridgehead atoms. The molecule has 1 aliphatic heterocycles. The summed E-state index contributed by atoms with van der Waals surface area (Å²) in [5.41, 5.74) is 3.66. The Labute approximate surface area is 257 Å². The number of fused-ring (bicyclic) bond motifs is 2. The molecule has 9 nitrogen and oxygen atoms in total. The predicted molar refractivity (Wildman–Crippen MR) is 170 cm³/mol. The Hall–Kier alpha value is -5.22. The summed E-state index contributed by atoms with van der Waals surface area (Å²) in [5, 5.41) is 3.86. The number of hydrogen-bond donors (Lipinski definition) is 1. The fourth-order valence-corrected chi connectivity index (χ4v) is 6.48. The van der Waals surface area contributed by atoms with Gasteiger partial charge in [-0.25, -0.2) is 4.99 Å². The quantitative estimate of drug-likeness (QED) is 0.264. The van der Waals surface area contributed by atoms with Crippen molar-refractivity contribution < 1.29 is 19.1 Å². The van der Waals surface area contributed by atoms with E-state index in [-0.39, 0.29) is 24.0 Å². The number of methoxy groups -OCH3 is 1. The Morgan fingerprint density at radius 1 is 1.02 bits per heavy atom. The van der Waals surface area contributed by atoms with Crippen LogP contribution >= 0.6 is 11.3 Å². The van der Waals surface area contributed by atoms with Crippen LogP contribution in [0.25, 0.3) is 17.0 Å². The van der Waals surface area contributed by atoms with Crippen molar-refractivity contribution in [3.8, 4) is 5.75 Å². The van der Waals surface area contributed by atoms with Crippen LogP contribution in [0.15, 0.2) is 106 Å². The number of nitrogens with one attached hydrogen (secondary N) is 1. The second-order valence-electron chi connectivity index (χ2n) is 10.2. The zero-order chi connectivity index (χ0) is 30.8. The van der Waals surface area contributed by atoms with Crippen molar-refractivity contribution in [3.63, 3.8) is 0 Å². The fraction of sp³-hybridized carbons (Fsp3) is 0.176. The number of carbonyl (C=O) groups is 2. The summed E-state index contributed by atoms with van der Waals surface area (Å²) in [6.45, 7) is 3.91. The molecule has 0 spiro atoms. The molecule has 44 heavy (non-hydrogen) atoms. The number of allylic oxidation sites excluding steroid dienone is 1. The molecule has 1 amide bonds. The molecule has 0 radical (unpaired) electrons. The Bertz CT molecular complexity index is 2090. The third-order valence-corrected chi connectivity index (χ3v) is 8.42. The Morgan fingerprint density at radius 2 is 1.75 bits per heavy atom. The molecule has 2 aromatic heterocycles. The second kappa shape index (κ2) is 12.2. The first-order valence-electron chi connectivity index (χ1n) is 14.1. The van der Waals surface area contributed by atoms with E-state index >= 15 is 0 Å². The number of nitrogens with zero attached hydrogens (tertiary/aromatic N) is 3. The van der Waals surface area contributed by atoms with E-state index in [1.807, 2.05) is 95.7 Å². The van der Waals surface area contributed by atoms with Gasteiger partial charge in [-0.1, -0.05) is 59.9 Å². The maximum absolute atomic E-state index is 14.2. The highest BCUT2D eigenvalue weighted by atomic mass is 32.1. The number of para-hydroxylation sites is 2. The van der Waals surface area contributed by atoms with Gasteiger partial charge in [0.1, 0.15) is 12.3 Å². The first-order chi connectivity index (χ1) is 21.4. The van der Waals surface area contributed by atoms with Crippen LogP contribution in [0.2, 0.25) is 0 Å². The van der Waals surface area contributed by atoms with E-state index in [4.69, 9.17) is 14.5 Å². The number of ether oxygens (including phenoxy) is 2. The van der Waals surface area contributed by atoms with Gasteiger partial charge in [0, 0.05) is 28.4 Å². The third kappa shape index (κ3) is 5.47. The Kier molecular flexibility index (Phi) is 7.99. The number of benzene rings is 3. The number of carbonyl (C=O) groups excluding carboxylic acids is 2. The topological polar surface area (TPSA) is 104 Å². The summed E-state index contributed by atoms with van der Waals surface area (Å²) in [6, 6.07) is 23.5. The highest BCUT2D eigenvalue weighted by molar-refractivity contribution is 7.07. The first-order valence-corrected chi connectivity index (χ1v) is 15.0. The second-order valence-corrected chi connectivity index (χ2v) is 11.2. The fourth-order valence-electron chi connectivity index (χ4n) is 5.44. The van der Waals surface area contributed by atoms with Crippen LogP contribution in [0.4, 0.5) is 5.69 Å². The van der Waals surface area contributed by atoms with Crippen LogP contribution < -0.4 is 24.9 Å². The summed E-state index contributed by atoms with van der Waals surface area (Å²) in [5.74, 6) is -0.0126. The lowest BCUT2D eigenvalue weighted by Gasteiger charge is -2.25. The van der Waals surface area contributed by atoms with Gasteiger partial charge >= 0.3 is 5.97 Å². The smallest absolute Gasteiger partial charge is 0.325 e. The van der Waals surface area contributed by atoms with Crippen LogP contribution in [0.1, 0.15) is 31.0 Å². The van der Waals surface area contributed by atoms with Gasteiger partial charge in [0.25, 0.3) is 11.5 Å². The minimum Gasteiger partial charge on any atom is -0.497 e. The molecule has 0 fully saturated rings. The summed E-state index contributed by atoms with van der Waals surface area (Å²) < 4.78 is 14.4. The molecule has 6 rings (SSSR count). The van der Waals surface area contributed by atoms with Gasteiger partial charge in [0.05, 0.1) is 35.6 Å². The van der Waals surface area contributed by atoms with Crippen molar-refractivity contribution in [3.05, 3.63) is 127 Å². The number of amides is 1. The van der Waals surface area contributed by atoms with E-state index in [0.717, 1.165) is 22.0 Å². The number of anilines is 1. The van der Waals surface area contributed by atoms with Gasteiger partial charge in [-0.2, -0.15) is 0 Å². The van der Waals surface area contributed by atoms with Crippen LogP contribution in [0.5, 0.6) is 5.75 Å². The molecule has 0 aliphatic carbocycles. The van der Waals surface area contributed by atoms with E-state index < -0.39 is 6.04 Å². The normalized spacial score (nSPS) is 14.7. The summed E-state index contributed by atoms with van der Waals surface area (Å²) in [4.78, 5) is 45.5. The number of rotatable bonds is 8. The van der Waals surface area contributed by atoms with E-state index in [1.54, 1.807) is 25.5 Å². The lowest BCUT2D eigenvalue weighted by Crippen LogP contribution is -2.40. The molecule has 0 unspecified atom stereocenters. The van der Waals surface area contributed by atoms with Gasteiger partial charge in [0.2, 0.25) is 0 Å². The SMILES string of the molecule is CCOC(=O)Cn1cc(/C=c2/sc3n(c2=O)[C@@H](c2ccc(OC)cc2)C(C(=O)Nc2ccccc2)=C(C)N=3)c2ccccc21. The molecule has 1 atom stereocenters. The maximum Gasteiger partial charge on any atom is 0.325 e. The molecule has 1 aliphatic rings. The lowest BCUT2D eigenvalue weighted by molar-refractivity contribution is -0.143. The molecule has 5 aromatic rings. The van der Waals surface area contributed by atoms with Gasteiger partial charge in [-0.15, -0.1) is 0 Å². The maximum atomic E-state index is 14.2. The average Bonchev–Trinajstić information content (AvgIpc) is 3.53. The highest BCUT2D eigenvalue weighted by Gasteiger charge is 2.32. The molecular formula is C34H30N4O5S. The monoisotopic (exact) mass is 606 g/mol. The van der Waals surface area contributed by atoms with Gasteiger partial charge in [-0.05, 0) is 55.8 Å². The summed E-state index contributed by atoms with van der Waals surface area (Å²) in [7, 11) is 1.59. The molecule has 0 saturated carbocycles. The minimum absolute atomic E-state index is 0.0555. The molecule has 222 valence electrons. The predicted octanol–water partition coefficient (Wildman–Crippen LogP) is 4.40. The van der Waals surface area contributed by atoms with Crippen molar-refractivity contribution >= 4 is 45.9 Å². The zero-order valence-electron chi connectivity index (χ0n) is 24.4. The molecule has 3 heterocycles. The van der Waals surface area contributed by atoms with Crippen LogP contribution in [0, 0.1) is 0 Å². The van der Waals surface area contributed by atoms with Crippen molar-refractivity contribution in [2.75, 3.05) is 19.0 Å². The number of esters is 1. The number of aromatic nitrogens is 2. The van der Waals surface area contributed by atoms with E-state index in [0.29, 0.717) is 38.6 Å². The lowest BCUT2D eigenvalue weighted by atomic mass is 9.95. The standard InChI is InChI=1S/C34H30N4O5S/c1-4-43-29(39)20-37-19-23(26-12-8-9-13-27(26)37)18-28-33(41)38-31(22-14-16-25(42-3)17-15-22)30(21(2)35-34(38)44-28)32(40)36-24-10-6-5-7-11-24/h5-19,31H,4,20H2,1-3H3,(H,36,40)/b28-18+/t31-/m0/s1. The van der Waals surface area contributed by atoms with Crippen LogP contribution in [0.3, 0.4) is 0 Å². The highest BCUT2D eigenvalue weighted by Crippen LogP contribution is 2.32. The first kappa shape index (κ1) is 28.9. The van der Waals surface area contributed by atoms with E-state index in [2.05, 4.69) is 5.32 Å². The summed E-state index contributed by atoms with van der Waals surface area (Å²) >= 11 is 1.26. The molecule has 1 N–H and O–H groups in total.